The standard InChI is InChI=1S/C21H17NO2S2/c1-12-6-8-16(23)14(10-12)19-21(20(24)17-4-3-9-25-17)26-18-11-13(2)5-7-15(18)22-19/h3-11,22-23H,1-2H3. The number of aromatic hydroxyl groups is 1. The Labute approximate surface area is 160 Å². The largest absolute Gasteiger partial charge is 0.507 e. The second-order valence-corrected chi connectivity index (χ2v) is 8.26. The van der Waals surface area contributed by atoms with Gasteiger partial charge in [0.1, 0.15) is 5.75 Å². The highest BCUT2D eigenvalue weighted by atomic mass is 32.2. The van der Waals surface area contributed by atoms with E-state index in [0.29, 0.717) is 21.0 Å². The molecule has 0 unspecified atom stereocenters. The first-order valence-corrected chi connectivity index (χ1v) is 9.90. The summed E-state index contributed by atoms with van der Waals surface area (Å²) in [6.45, 7) is 4.00. The summed E-state index contributed by atoms with van der Waals surface area (Å²) in [7, 11) is 0. The molecule has 0 spiro atoms. The number of ketones is 1. The second kappa shape index (κ2) is 6.67. The third kappa shape index (κ3) is 3.04. The zero-order chi connectivity index (χ0) is 18.3. The van der Waals surface area contributed by atoms with Gasteiger partial charge in [0.25, 0.3) is 0 Å². The molecule has 2 N–H and O–H groups in total. The van der Waals surface area contributed by atoms with Crippen LogP contribution >= 0.6 is 23.1 Å². The Balaban J connectivity index is 1.90. The monoisotopic (exact) mass is 379 g/mol. The molecule has 3 nitrogen and oxygen atoms in total. The lowest BCUT2D eigenvalue weighted by atomic mass is 10.0. The van der Waals surface area contributed by atoms with E-state index in [-0.39, 0.29) is 11.5 Å². The van der Waals surface area contributed by atoms with Crippen molar-refractivity contribution >= 4 is 40.3 Å². The molecule has 2 heterocycles. The van der Waals surface area contributed by atoms with Gasteiger partial charge in [-0.2, -0.15) is 0 Å². The number of fused-ring (bicyclic) bond motifs is 1. The summed E-state index contributed by atoms with van der Waals surface area (Å²) >= 11 is 2.88. The van der Waals surface area contributed by atoms with E-state index >= 15 is 0 Å². The molecule has 0 atom stereocenters. The molecular weight excluding hydrogens is 362 g/mol. The van der Waals surface area contributed by atoms with Crippen molar-refractivity contribution in [3.63, 3.8) is 0 Å². The minimum atomic E-state index is -0.0273. The predicted octanol–water partition coefficient (Wildman–Crippen LogP) is 5.84. The summed E-state index contributed by atoms with van der Waals surface area (Å²) in [6, 6.07) is 15.3. The number of hydrogen-bond donors (Lipinski definition) is 2. The molecule has 1 aliphatic heterocycles. The van der Waals surface area contributed by atoms with Gasteiger partial charge in [-0.05, 0) is 55.1 Å². The van der Waals surface area contributed by atoms with Crippen LogP contribution in [0, 0.1) is 13.8 Å². The Morgan fingerprint density at radius 1 is 1.04 bits per heavy atom. The van der Waals surface area contributed by atoms with Gasteiger partial charge < -0.3 is 10.4 Å². The number of thioether (sulfide) groups is 1. The molecule has 1 aromatic heterocycles. The van der Waals surface area contributed by atoms with Crippen LogP contribution in [0.2, 0.25) is 0 Å². The molecule has 4 rings (SSSR count). The quantitative estimate of drug-likeness (QED) is 0.561. The van der Waals surface area contributed by atoms with Crippen LogP contribution in [-0.2, 0) is 0 Å². The molecule has 0 radical (unpaired) electrons. The summed E-state index contributed by atoms with van der Waals surface area (Å²) in [5.74, 6) is 0.131. The number of carbonyl (C=O) groups excluding carboxylic acids is 1. The summed E-state index contributed by atoms with van der Waals surface area (Å²) in [6.07, 6.45) is 0. The van der Waals surface area contributed by atoms with E-state index in [0.717, 1.165) is 21.7 Å². The van der Waals surface area contributed by atoms with Gasteiger partial charge in [0.05, 0.1) is 21.2 Å². The molecule has 0 fully saturated rings. The highest BCUT2D eigenvalue weighted by molar-refractivity contribution is 8.04. The number of carbonyl (C=O) groups is 1. The molecule has 2 aromatic carbocycles. The third-order valence-electron chi connectivity index (χ3n) is 4.21. The van der Waals surface area contributed by atoms with Crippen molar-refractivity contribution in [3.05, 3.63) is 80.4 Å². The Hall–Kier alpha value is -2.50. The van der Waals surface area contributed by atoms with Gasteiger partial charge in [0.15, 0.2) is 0 Å². The lowest BCUT2D eigenvalue weighted by molar-refractivity contribution is 0.104. The number of anilines is 1. The van der Waals surface area contributed by atoms with Crippen molar-refractivity contribution in [2.75, 3.05) is 5.32 Å². The van der Waals surface area contributed by atoms with E-state index in [1.165, 1.54) is 23.1 Å². The van der Waals surface area contributed by atoms with Gasteiger partial charge in [-0.1, -0.05) is 35.5 Å². The Morgan fingerprint density at radius 2 is 1.81 bits per heavy atom. The number of benzene rings is 2. The van der Waals surface area contributed by atoms with Gasteiger partial charge in [-0.15, -0.1) is 11.3 Å². The van der Waals surface area contributed by atoms with Crippen LogP contribution < -0.4 is 5.32 Å². The third-order valence-corrected chi connectivity index (χ3v) is 6.23. The number of hydrogen-bond acceptors (Lipinski definition) is 5. The van der Waals surface area contributed by atoms with Crippen LogP contribution in [0.1, 0.15) is 26.4 Å². The van der Waals surface area contributed by atoms with E-state index in [1.54, 1.807) is 6.07 Å². The number of Topliss-reactive ketones (excluding diaryl/α,β-unsaturated/α-hetero) is 1. The molecule has 130 valence electrons. The van der Waals surface area contributed by atoms with E-state index in [1.807, 2.05) is 55.6 Å². The maximum Gasteiger partial charge on any atom is 0.211 e. The van der Waals surface area contributed by atoms with Crippen LogP contribution in [0.3, 0.4) is 0 Å². The van der Waals surface area contributed by atoms with Crippen molar-refractivity contribution < 1.29 is 9.90 Å². The number of aryl methyl sites for hydroxylation is 2. The predicted molar refractivity (Wildman–Crippen MR) is 109 cm³/mol. The van der Waals surface area contributed by atoms with Crippen LogP contribution in [0.5, 0.6) is 5.75 Å². The van der Waals surface area contributed by atoms with Crippen molar-refractivity contribution in [2.24, 2.45) is 0 Å². The summed E-state index contributed by atoms with van der Waals surface area (Å²) in [5, 5.41) is 15.7. The lowest BCUT2D eigenvalue weighted by Crippen LogP contribution is -2.13. The summed E-state index contributed by atoms with van der Waals surface area (Å²) in [4.78, 5) is 15.5. The smallest absolute Gasteiger partial charge is 0.211 e. The van der Waals surface area contributed by atoms with Crippen molar-refractivity contribution in [1.29, 1.82) is 0 Å². The topological polar surface area (TPSA) is 49.3 Å². The second-order valence-electron chi connectivity index (χ2n) is 6.26. The Bertz CT molecular complexity index is 1040. The van der Waals surface area contributed by atoms with Crippen molar-refractivity contribution in [1.82, 2.24) is 0 Å². The van der Waals surface area contributed by atoms with Crippen LogP contribution in [0.4, 0.5) is 5.69 Å². The fourth-order valence-electron chi connectivity index (χ4n) is 2.89. The molecule has 1 aliphatic rings. The number of thiophene rings is 1. The van der Waals surface area contributed by atoms with Crippen LogP contribution in [0.15, 0.2) is 63.7 Å². The highest BCUT2D eigenvalue weighted by Crippen LogP contribution is 2.46. The maximum absolute atomic E-state index is 13.1. The Morgan fingerprint density at radius 3 is 2.58 bits per heavy atom. The molecule has 0 amide bonds. The minimum absolute atomic E-state index is 0.0273. The van der Waals surface area contributed by atoms with E-state index in [9.17, 15) is 9.90 Å². The number of allylic oxidation sites excluding steroid dienone is 1. The van der Waals surface area contributed by atoms with Gasteiger partial charge in [0, 0.05) is 10.5 Å². The fraction of sp³-hybridized carbons (Fsp3) is 0.0952. The van der Waals surface area contributed by atoms with E-state index < -0.39 is 0 Å². The zero-order valence-corrected chi connectivity index (χ0v) is 16.0. The van der Waals surface area contributed by atoms with Crippen molar-refractivity contribution in [3.8, 4) is 5.75 Å². The van der Waals surface area contributed by atoms with E-state index in [4.69, 9.17) is 0 Å². The lowest BCUT2D eigenvalue weighted by Gasteiger charge is -2.24. The average Bonchev–Trinajstić information content (AvgIpc) is 3.17. The first kappa shape index (κ1) is 16.9. The molecule has 3 aromatic rings. The molecule has 0 aliphatic carbocycles. The summed E-state index contributed by atoms with van der Waals surface area (Å²) in [5.41, 5.74) is 4.41. The SMILES string of the molecule is Cc1ccc2c(c1)SC(C(=O)c1cccs1)=C(c1cc(C)ccc1O)N2. The van der Waals surface area contributed by atoms with Crippen LogP contribution in [-0.4, -0.2) is 10.9 Å². The maximum atomic E-state index is 13.1. The first-order valence-electron chi connectivity index (χ1n) is 8.21. The molecule has 0 saturated heterocycles. The number of rotatable bonds is 3. The molecule has 0 saturated carbocycles. The van der Waals surface area contributed by atoms with Crippen LogP contribution in [0.25, 0.3) is 5.70 Å². The van der Waals surface area contributed by atoms with E-state index in [2.05, 4.69) is 11.4 Å². The van der Waals surface area contributed by atoms with Gasteiger partial charge in [-0.3, -0.25) is 4.79 Å². The molecular formula is C21H17NO2S2. The first-order chi connectivity index (χ1) is 12.5. The summed E-state index contributed by atoms with van der Waals surface area (Å²) < 4.78 is 0. The molecule has 26 heavy (non-hydrogen) atoms. The fourth-order valence-corrected chi connectivity index (χ4v) is 4.78. The normalized spacial score (nSPS) is 13.3. The molecule has 5 heteroatoms. The minimum Gasteiger partial charge on any atom is -0.507 e. The molecule has 0 bridgehead atoms. The van der Waals surface area contributed by atoms with Gasteiger partial charge in [-0.25, -0.2) is 0 Å². The number of phenolic OH excluding ortho intramolecular Hbond substituents is 1. The zero-order valence-electron chi connectivity index (χ0n) is 14.4. The Kier molecular flexibility index (Phi) is 4.34. The number of phenols is 1. The van der Waals surface area contributed by atoms with Gasteiger partial charge in [0.2, 0.25) is 5.78 Å². The number of nitrogens with one attached hydrogen (secondary N) is 1. The highest BCUT2D eigenvalue weighted by Gasteiger charge is 2.27. The van der Waals surface area contributed by atoms with Gasteiger partial charge >= 0.3 is 0 Å². The average molecular weight is 380 g/mol. The van der Waals surface area contributed by atoms with Crippen molar-refractivity contribution in [2.45, 2.75) is 18.7 Å².